The van der Waals surface area contributed by atoms with Gasteiger partial charge >= 0.3 is 0 Å². The normalized spacial score (nSPS) is 14.4. The van der Waals surface area contributed by atoms with Gasteiger partial charge in [0.25, 0.3) is 0 Å². The summed E-state index contributed by atoms with van der Waals surface area (Å²) in [5.41, 5.74) is 10.9. The number of aliphatic hydroxyl groups excluding tert-OH is 1. The first kappa shape index (κ1) is 26.1. The van der Waals surface area contributed by atoms with Crippen LogP contribution in [0.15, 0.2) is 54.6 Å². The Hall–Kier alpha value is -3.50. The molecule has 1 atom stereocenters. The molecule has 5 rings (SSSR count). The van der Waals surface area contributed by atoms with Gasteiger partial charge in [0.1, 0.15) is 0 Å². The Morgan fingerprint density at radius 1 is 1.03 bits per heavy atom. The van der Waals surface area contributed by atoms with Crippen molar-refractivity contribution in [1.82, 2.24) is 19.8 Å². The Bertz CT molecular complexity index is 1440. The number of nitrogens with two attached hydrogens (primary N) is 1. The molecule has 38 heavy (non-hydrogen) atoms. The largest absolute Gasteiger partial charge is 0.377 e. The second-order valence-electron chi connectivity index (χ2n) is 9.88. The highest BCUT2D eigenvalue weighted by molar-refractivity contribution is 5.87. The number of nitrogens with zero attached hydrogens (tertiary/aromatic N) is 4. The molecule has 0 spiro atoms. The summed E-state index contributed by atoms with van der Waals surface area (Å²) in [6.07, 6.45) is -0.211. The van der Waals surface area contributed by atoms with E-state index in [2.05, 4.69) is 14.9 Å². The van der Waals surface area contributed by atoms with Crippen molar-refractivity contribution < 1.29 is 18.6 Å². The van der Waals surface area contributed by atoms with E-state index in [0.29, 0.717) is 53.0 Å². The molecule has 3 aromatic carbocycles. The van der Waals surface area contributed by atoms with Crippen LogP contribution in [-0.2, 0) is 24.4 Å². The van der Waals surface area contributed by atoms with Crippen molar-refractivity contribution in [3.8, 4) is 11.1 Å². The van der Waals surface area contributed by atoms with Gasteiger partial charge in [-0.3, -0.25) is 4.90 Å². The second-order valence-corrected chi connectivity index (χ2v) is 9.88. The fraction of sp³-hybridized carbons (Fsp3) is 0.310. The van der Waals surface area contributed by atoms with Crippen molar-refractivity contribution in [1.29, 1.82) is 0 Å². The smallest absolute Gasteiger partial charge is 0.220 e. The highest BCUT2D eigenvalue weighted by atomic mass is 19.2. The van der Waals surface area contributed by atoms with Crippen LogP contribution in [0.4, 0.5) is 14.7 Å². The van der Waals surface area contributed by atoms with E-state index in [1.807, 2.05) is 43.3 Å². The number of anilines is 1. The highest BCUT2D eigenvalue weighted by Gasteiger charge is 2.28. The van der Waals surface area contributed by atoms with Gasteiger partial charge in [-0.15, -0.1) is 0 Å². The van der Waals surface area contributed by atoms with Gasteiger partial charge in [0.05, 0.1) is 17.8 Å². The van der Waals surface area contributed by atoms with E-state index >= 15 is 0 Å². The third kappa shape index (κ3) is 5.51. The lowest BCUT2D eigenvalue weighted by molar-refractivity contribution is -0.00372. The van der Waals surface area contributed by atoms with Crippen LogP contribution in [0.1, 0.15) is 35.0 Å². The second kappa shape index (κ2) is 11.1. The predicted octanol–water partition coefficient (Wildman–Crippen LogP) is 4.63. The molecule has 0 fully saturated rings. The van der Waals surface area contributed by atoms with Gasteiger partial charge < -0.3 is 20.5 Å². The first-order chi connectivity index (χ1) is 18.3. The molecule has 4 aromatic rings. The summed E-state index contributed by atoms with van der Waals surface area (Å²) in [7, 11) is 3.97. The number of nitrogen functional groups attached to an aromatic ring is 1. The predicted molar refractivity (Wildman–Crippen MR) is 143 cm³/mol. The number of hydrogen-bond acceptors (Lipinski definition) is 7. The first-order valence-electron chi connectivity index (χ1n) is 12.6. The van der Waals surface area contributed by atoms with Gasteiger partial charge in [-0.2, -0.15) is 0 Å². The fourth-order valence-electron chi connectivity index (χ4n) is 4.88. The number of aromatic nitrogens is 2. The highest BCUT2D eigenvalue weighted by Crippen LogP contribution is 2.35. The zero-order chi connectivity index (χ0) is 26.8. The lowest BCUT2D eigenvalue weighted by Crippen LogP contribution is -2.24. The topological polar surface area (TPSA) is 87.7 Å². The maximum Gasteiger partial charge on any atom is 0.220 e. The third-order valence-corrected chi connectivity index (χ3v) is 6.81. The van der Waals surface area contributed by atoms with E-state index in [1.165, 1.54) is 12.1 Å². The standard InChI is InChI=1S/C29H31F2N5O2/c1-35(2)10-5-11-38-17-21-13-24(30)25(31)14-22(21)18-8-9-26-23(12-18)27(34-29(32)33-26)28(37)36-15-19-6-3-4-7-20(19)16-36/h3-4,6-9,12-14,28,37H,5,10-11,15-17H2,1-2H3,(H2,32,33,34). The molecule has 198 valence electrons. The van der Waals surface area contributed by atoms with Crippen molar-refractivity contribution in [2.24, 2.45) is 0 Å². The molecule has 9 heteroatoms. The fourth-order valence-corrected chi connectivity index (χ4v) is 4.88. The van der Waals surface area contributed by atoms with Crippen LogP contribution < -0.4 is 5.73 Å². The van der Waals surface area contributed by atoms with Crippen LogP contribution >= 0.6 is 0 Å². The summed E-state index contributed by atoms with van der Waals surface area (Å²) in [5.74, 6) is -1.82. The Balaban J connectivity index is 1.48. The number of fused-ring (bicyclic) bond motifs is 2. The van der Waals surface area contributed by atoms with Crippen LogP contribution in [0.5, 0.6) is 0 Å². The summed E-state index contributed by atoms with van der Waals surface area (Å²) >= 11 is 0. The summed E-state index contributed by atoms with van der Waals surface area (Å²) < 4.78 is 34.4. The van der Waals surface area contributed by atoms with Crippen molar-refractivity contribution in [2.45, 2.75) is 32.3 Å². The van der Waals surface area contributed by atoms with E-state index < -0.39 is 17.9 Å². The minimum atomic E-state index is -1.03. The molecule has 0 bridgehead atoms. The summed E-state index contributed by atoms with van der Waals surface area (Å²) in [6, 6.07) is 15.7. The summed E-state index contributed by atoms with van der Waals surface area (Å²) in [6.45, 7) is 2.64. The molecular formula is C29H31F2N5O2. The third-order valence-electron chi connectivity index (χ3n) is 6.81. The molecule has 1 aliphatic heterocycles. The monoisotopic (exact) mass is 519 g/mol. The van der Waals surface area contributed by atoms with Gasteiger partial charge in [0, 0.05) is 25.1 Å². The zero-order valence-electron chi connectivity index (χ0n) is 21.5. The van der Waals surface area contributed by atoms with E-state index in [0.717, 1.165) is 24.1 Å². The Morgan fingerprint density at radius 3 is 2.45 bits per heavy atom. The summed E-state index contributed by atoms with van der Waals surface area (Å²) in [5, 5.41) is 12.0. The minimum absolute atomic E-state index is 0.0515. The lowest BCUT2D eigenvalue weighted by atomic mass is 9.97. The summed E-state index contributed by atoms with van der Waals surface area (Å²) in [4.78, 5) is 12.7. The van der Waals surface area contributed by atoms with Crippen molar-refractivity contribution in [3.63, 3.8) is 0 Å². The molecule has 3 N–H and O–H groups in total. The molecule has 1 aliphatic rings. The minimum Gasteiger partial charge on any atom is -0.377 e. The van der Waals surface area contributed by atoms with Gasteiger partial charge in [-0.05, 0) is 79.1 Å². The van der Waals surface area contributed by atoms with E-state index in [4.69, 9.17) is 10.5 Å². The number of aliphatic hydroxyl groups is 1. The zero-order valence-corrected chi connectivity index (χ0v) is 21.5. The molecule has 7 nitrogen and oxygen atoms in total. The van der Waals surface area contributed by atoms with E-state index in [-0.39, 0.29) is 12.6 Å². The molecule has 1 unspecified atom stereocenters. The Labute approximate surface area is 220 Å². The van der Waals surface area contributed by atoms with E-state index in [9.17, 15) is 13.9 Å². The van der Waals surface area contributed by atoms with Gasteiger partial charge in [0.15, 0.2) is 17.9 Å². The maximum absolute atomic E-state index is 14.4. The van der Waals surface area contributed by atoms with Crippen LogP contribution in [0.2, 0.25) is 0 Å². The van der Waals surface area contributed by atoms with Gasteiger partial charge in [-0.25, -0.2) is 18.7 Å². The van der Waals surface area contributed by atoms with Gasteiger partial charge in [0.2, 0.25) is 5.95 Å². The molecule has 0 radical (unpaired) electrons. The van der Waals surface area contributed by atoms with Crippen LogP contribution in [-0.4, -0.2) is 52.1 Å². The lowest BCUT2D eigenvalue weighted by Gasteiger charge is -2.23. The number of rotatable bonds is 9. The molecule has 1 aromatic heterocycles. The number of benzene rings is 3. The molecule has 2 heterocycles. The average Bonchev–Trinajstić information content (AvgIpc) is 3.33. The molecule has 0 aliphatic carbocycles. The first-order valence-corrected chi connectivity index (χ1v) is 12.6. The maximum atomic E-state index is 14.4. The van der Waals surface area contributed by atoms with Crippen LogP contribution in [0.25, 0.3) is 22.0 Å². The van der Waals surface area contributed by atoms with Crippen LogP contribution in [0.3, 0.4) is 0 Å². The van der Waals surface area contributed by atoms with Gasteiger partial charge in [-0.1, -0.05) is 30.3 Å². The van der Waals surface area contributed by atoms with Crippen molar-refractivity contribution in [3.05, 3.63) is 88.6 Å². The number of hydrogen-bond donors (Lipinski definition) is 2. The molecule has 0 saturated heterocycles. The Morgan fingerprint density at radius 2 is 1.74 bits per heavy atom. The SMILES string of the molecule is CN(C)CCCOCc1cc(F)c(F)cc1-c1ccc2nc(N)nc(C(O)N3Cc4ccccc4C3)c2c1. The number of halogens is 2. The Kier molecular flexibility index (Phi) is 7.62. The molecular weight excluding hydrogens is 488 g/mol. The molecule has 0 saturated carbocycles. The average molecular weight is 520 g/mol. The van der Waals surface area contributed by atoms with Crippen molar-refractivity contribution >= 4 is 16.9 Å². The molecule has 0 amide bonds. The number of ether oxygens (including phenoxy) is 1. The quantitative estimate of drug-likeness (QED) is 0.312. The van der Waals surface area contributed by atoms with E-state index in [1.54, 1.807) is 18.2 Å². The van der Waals surface area contributed by atoms with Crippen molar-refractivity contribution in [2.75, 3.05) is 33.0 Å². The van der Waals surface area contributed by atoms with Crippen LogP contribution in [0, 0.1) is 11.6 Å².